The Hall–Kier alpha value is -1.02. The maximum Gasteiger partial charge on any atom is 0.266 e. The summed E-state index contributed by atoms with van der Waals surface area (Å²) in [6.07, 6.45) is 3.91. The summed E-state index contributed by atoms with van der Waals surface area (Å²) >= 11 is 11.9. The first-order chi connectivity index (χ1) is 12.5. The van der Waals surface area contributed by atoms with Gasteiger partial charge in [0.25, 0.3) is 10.0 Å². The lowest BCUT2D eigenvalue weighted by Crippen LogP contribution is -2.56. The monoisotopic (exact) mass is 416 g/mol. The minimum atomic E-state index is -3.70. The normalized spacial score (nSPS) is 22.5. The Labute approximate surface area is 164 Å². The van der Waals surface area contributed by atoms with Crippen LogP contribution in [0.4, 0.5) is 0 Å². The van der Waals surface area contributed by atoms with E-state index in [1.807, 2.05) is 0 Å². The average Bonchev–Trinajstić information content (AvgIpc) is 3.07. The predicted octanol–water partition coefficient (Wildman–Crippen LogP) is 2.52. The molecule has 0 amide bonds. The second kappa shape index (κ2) is 7.19. The van der Waals surface area contributed by atoms with Crippen molar-refractivity contribution in [3.05, 3.63) is 28.2 Å². The molecule has 26 heavy (non-hydrogen) atoms. The van der Waals surface area contributed by atoms with Crippen molar-refractivity contribution in [2.24, 2.45) is 4.99 Å². The Morgan fingerprint density at radius 3 is 2.35 bits per heavy atom. The largest absolute Gasteiger partial charge is 0.339 e. The molecule has 1 saturated carbocycles. The van der Waals surface area contributed by atoms with Crippen molar-refractivity contribution >= 4 is 39.2 Å². The molecule has 6 nitrogen and oxygen atoms in total. The van der Waals surface area contributed by atoms with Gasteiger partial charge in [-0.25, -0.2) is 12.7 Å². The number of sulfonamides is 1. The summed E-state index contributed by atoms with van der Waals surface area (Å²) in [6, 6.07) is 5.14. The average molecular weight is 417 g/mol. The van der Waals surface area contributed by atoms with E-state index in [4.69, 9.17) is 23.2 Å². The molecule has 0 spiro atoms. The van der Waals surface area contributed by atoms with Crippen LogP contribution in [-0.4, -0.2) is 73.8 Å². The number of aliphatic imine (C=N–C) groups is 1. The van der Waals surface area contributed by atoms with Crippen LogP contribution in [0.25, 0.3) is 0 Å². The topological polar surface area (TPSA) is 56.2 Å². The molecule has 3 aliphatic rings. The molecule has 1 aromatic carbocycles. The maximum atomic E-state index is 13.1. The predicted molar refractivity (Wildman–Crippen MR) is 103 cm³/mol. The van der Waals surface area contributed by atoms with Gasteiger partial charge in [-0.2, -0.15) is 0 Å². The Bertz CT molecular complexity index is 818. The summed E-state index contributed by atoms with van der Waals surface area (Å²) in [5.41, 5.74) is 0. The van der Waals surface area contributed by atoms with Crippen molar-refractivity contribution in [2.45, 2.75) is 30.2 Å². The fourth-order valence-electron chi connectivity index (χ4n) is 3.71. The molecule has 0 bridgehead atoms. The number of benzene rings is 1. The molecule has 4 rings (SSSR count). The summed E-state index contributed by atoms with van der Waals surface area (Å²) in [7, 11) is -3.70. The molecule has 142 valence electrons. The van der Waals surface area contributed by atoms with Gasteiger partial charge in [0.1, 0.15) is 0 Å². The van der Waals surface area contributed by atoms with E-state index < -0.39 is 10.0 Å². The van der Waals surface area contributed by atoms with Crippen LogP contribution >= 0.6 is 23.2 Å². The van der Waals surface area contributed by atoms with Crippen molar-refractivity contribution in [2.75, 3.05) is 39.3 Å². The molecule has 2 heterocycles. The maximum absolute atomic E-state index is 13.1. The summed E-state index contributed by atoms with van der Waals surface area (Å²) in [6.45, 7) is 4.39. The number of hydrogen-bond donors (Lipinski definition) is 0. The van der Waals surface area contributed by atoms with Crippen LogP contribution < -0.4 is 0 Å². The standard InChI is InChI=1S/C17H22Cl2N4O2S/c18-15-5-4-14(12-16(15)19)26(24,25)23-7-6-20-17(23)22-10-8-21(9-11-22)13-2-1-3-13/h4-5,12-13H,1-3,6-11H2. The molecular weight excluding hydrogens is 395 g/mol. The summed E-state index contributed by atoms with van der Waals surface area (Å²) < 4.78 is 27.6. The van der Waals surface area contributed by atoms with E-state index in [2.05, 4.69) is 14.8 Å². The van der Waals surface area contributed by atoms with Gasteiger partial charge in [0.05, 0.1) is 28.0 Å². The highest BCUT2D eigenvalue weighted by molar-refractivity contribution is 7.89. The van der Waals surface area contributed by atoms with Gasteiger partial charge in [-0.05, 0) is 31.0 Å². The zero-order chi connectivity index (χ0) is 18.3. The Kier molecular flexibility index (Phi) is 5.07. The number of rotatable bonds is 3. The van der Waals surface area contributed by atoms with Gasteiger partial charge in [0.2, 0.25) is 5.96 Å². The lowest BCUT2D eigenvalue weighted by Gasteiger charge is -2.44. The van der Waals surface area contributed by atoms with Crippen LogP contribution in [0.2, 0.25) is 10.0 Å². The third-order valence-corrected chi connectivity index (χ3v) is 7.96. The van der Waals surface area contributed by atoms with Gasteiger partial charge in [-0.1, -0.05) is 29.6 Å². The number of halogens is 2. The molecular formula is C17H22Cl2N4O2S. The van der Waals surface area contributed by atoms with E-state index in [0.29, 0.717) is 24.1 Å². The number of piperazine rings is 1. The molecule has 1 saturated heterocycles. The third kappa shape index (κ3) is 3.30. The second-order valence-corrected chi connectivity index (χ2v) is 9.62. The second-order valence-electron chi connectivity index (χ2n) is 6.94. The molecule has 0 radical (unpaired) electrons. The molecule has 0 unspecified atom stereocenters. The summed E-state index contributed by atoms with van der Waals surface area (Å²) in [5, 5.41) is 0.576. The SMILES string of the molecule is O=S(=O)(c1ccc(Cl)c(Cl)c1)N1CCN=C1N1CCN(C2CCC2)CC1. The smallest absolute Gasteiger partial charge is 0.266 e. The van der Waals surface area contributed by atoms with Gasteiger partial charge in [0.15, 0.2) is 0 Å². The number of nitrogens with zero attached hydrogens (tertiary/aromatic N) is 4. The lowest BCUT2D eigenvalue weighted by atomic mass is 9.91. The molecule has 1 aliphatic carbocycles. The van der Waals surface area contributed by atoms with Crippen LogP contribution in [0, 0.1) is 0 Å². The van der Waals surface area contributed by atoms with Crippen molar-refractivity contribution in [1.82, 2.24) is 14.1 Å². The molecule has 2 fully saturated rings. The van der Waals surface area contributed by atoms with E-state index in [0.717, 1.165) is 32.2 Å². The van der Waals surface area contributed by atoms with Gasteiger partial charge in [-0.15, -0.1) is 0 Å². The molecule has 9 heteroatoms. The Morgan fingerprint density at radius 2 is 1.73 bits per heavy atom. The van der Waals surface area contributed by atoms with Crippen LogP contribution in [0.15, 0.2) is 28.1 Å². The van der Waals surface area contributed by atoms with Crippen molar-refractivity contribution in [1.29, 1.82) is 0 Å². The lowest BCUT2D eigenvalue weighted by molar-refractivity contribution is 0.0833. The molecule has 1 aromatic rings. The van der Waals surface area contributed by atoms with E-state index in [1.165, 1.54) is 41.8 Å². The van der Waals surface area contributed by atoms with Crippen LogP contribution in [0.3, 0.4) is 0 Å². The first-order valence-corrected chi connectivity index (χ1v) is 11.2. The number of hydrogen-bond acceptors (Lipinski definition) is 5. The number of guanidine groups is 1. The third-order valence-electron chi connectivity index (χ3n) is 5.45. The highest BCUT2D eigenvalue weighted by Crippen LogP contribution is 2.29. The summed E-state index contributed by atoms with van der Waals surface area (Å²) in [4.78, 5) is 9.25. The minimum Gasteiger partial charge on any atom is -0.339 e. The van der Waals surface area contributed by atoms with Gasteiger partial charge >= 0.3 is 0 Å². The van der Waals surface area contributed by atoms with Crippen LogP contribution in [-0.2, 0) is 10.0 Å². The molecule has 0 atom stereocenters. The minimum absolute atomic E-state index is 0.148. The Balaban J connectivity index is 1.50. The van der Waals surface area contributed by atoms with E-state index in [9.17, 15) is 8.42 Å². The first-order valence-electron chi connectivity index (χ1n) is 8.98. The fourth-order valence-corrected chi connectivity index (χ4v) is 5.54. The first kappa shape index (κ1) is 18.3. The van der Waals surface area contributed by atoms with Crippen molar-refractivity contribution in [3.8, 4) is 0 Å². The van der Waals surface area contributed by atoms with Crippen molar-refractivity contribution < 1.29 is 8.42 Å². The molecule has 0 aromatic heterocycles. The quantitative estimate of drug-likeness (QED) is 0.759. The van der Waals surface area contributed by atoms with Crippen LogP contribution in [0.5, 0.6) is 0 Å². The zero-order valence-electron chi connectivity index (χ0n) is 14.4. The van der Waals surface area contributed by atoms with E-state index in [-0.39, 0.29) is 9.92 Å². The highest BCUT2D eigenvalue weighted by atomic mass is 35.5. The van der Waals surface area contributed by atoms with Crippen LogP contribution in [0.1, 0.15) is 19.3 Å². The fraction of sp³-hybridized carbons (Fsp3) is 0.588. The van der Waals surface area contributed by atoms with E-state index >= 15 is 0 Å². The van der Waals surface area contributed by atoms with Gasteiger partial charge < -0.3 is 4.90 Å². The highest BCUT2D eigenvalue weighted by Gasteiger charge is 2.36. The van der Waals surface area contributed by atoms with Crippen molar-refractivity contribution in [3.63, 3.8) is 0 Å². The zero-order valence-corrected chi connectivity index (χ0v) is 16.8. The Morgan fingerprint density at radius 1 is 1.00 bits per heavy atom. The van der Waals surface area contributed by atoms with Gasteiger partial charge in [0, 0.05) is 32.2 Å². The van der Waals surface area contributed by atoms with E-state index in [1.54, 1.807) is 0 Å². The summed E-state index contributed by atoms with van der Waals surface area (Å²) in [5.74, 6) is 0.560. The molecule has 0 N–H and O–H groups in total. The molecule has 2 aliphatic heterocycles. The van der Waals surface area contributed by atoms with Gasteiger partial charge in [-0.3, -0.25) is 9.89 Å².